The van der Waals surface area contributed by atoms with E-state index >= 15 is 0 Å². The van der Waals surface area contributed by atoms with Gasteiger partial charge >= 0.3 is 0 Å². The maximum Gasteiger partial charge on any atom is 0.138 e. The average molecular weight is 283 g/mol. The number of hydrogen-bond donors (Lipinski definition) is 0. The highest BCUT2D eigenvalue weighted by molar-refractivity contribution is 5.82. The van der Waals surface area contributed by atoms with E-state index in [1.165, 1.54) is 6.42 Å². The van der Waals surface area contributed by atoms with Gasteiger partial charge in [-0.15, -0.1) is 0 Å². The van der Waals surface area contributed by atoms with Crippen molar-refractivity contribution >= 4 is 16.7 Å². The van der Waals surface area contributed by atoms with Crippen molar-refractivity contribution in [3.63, 3.8) is 0 Å². The summed E-state index contributed by atoms with van der Waals surface area (Å²) in [6, 6.07) is 12.0. The quantitative estimate of drug-likeness (QED) is 0.840. The third-order valence-corrected chi connectivity index (χ3v) is 4.05. The molecule has 3 rings (SSSR count). The maximum atomic E-state index is 12.1. The molecule has 1 unspecified atom stereocenters. The van der Waals surface area contributed by atoms with Gasteiger partial charge < -0.3 is 4.74 Å². The first kappa shape index (κ1) is 14.2. The first-order valence-electron chi connectivity index (χ1n) is 7.79. The van der Waals surface area contributed by atoms with Crippen molar-refractivity contribution in [2.24, 2.45) is 0 Å². The lowest BCUT2D eigenvalue weighted by Crippen LogP contribution is -2.20. The molecule has 1 aliphatic rings. The number of ketones is 1. The van der Waals surface area contributed by atoms with Crippen LogP contribution in [-0.2, 0) is 16.0 Å². The lowest BCUT2D eigenvalue weighted by molar-refractivity contribution is -0.119. The first-order valence-corrected chi connectivity index (χ1v) is 7.79. The number of nitrogens with zero attached hydrogens (tertiary/aromatic N) is 1. The van der Waals surface area contributed by atoms with Crippen molar-refractivity contribution < 1.29 is 9.53 Å². The van der Waals surface area contributed by atoms with Gasteiger partial charge in [0.1, 0.15) is 5.78 Å². The van der Waals surface area contributed by atoms with E-state index < -0.39 is 0 Å². The lowest BCUT2D eigenvalue weighted by Gasteiger charge is -2.22. The predicted molar refractivity (Wildman–Crippen MR) is 83.3 cm³/mol. The predicted octanol–water partition coefficient (Wildman–Crippen LogP) is 3.70. The van der Waals surface area contributed by atoms with Crippen LogP contribution in [0.1, 0.15) is 37.8 Å². The summed E-state index contributed by atoms with van der Waals surface area (Å²) in [5, 5.41) is 1.12. The van der Waals surface area contributed by atoms with E-state index in [0.717, 1.165) is 42.5 Å². The van der Waals surface area contributed by atoms with Crippen molar-refractivity contribution in [1.82, 2.24) is 4.98 Å². The van der Waals surface area contributed by atoms with Gasteiger partial charge in [-0.2, -0.15) is 0 Å². The fourth-order valence-corrected chi connectivity index (χ4v) is 2.85. The van der Waals surface area contributed by atoms with Crippen molar-refractivity contribution in [3.05, 3.63) is 42.1 Å². The normalized spacial score (nSPS) is 18.8. The number of fused-ring (bicyclic) bond motifs is 1. The summed E-state index contributed by atoms with van der Waals surface area (Å²) in [6.45, 7) is 0.852. The highest BCUT2D eigenvalue weighted by Gasteiger charge is 2.15. The number of carbonyl (C=O) groups excluding carboxylic acids is 1. The lowest BCUT2D eigenvalue weighted by atomic mass is 10.0. The molecule has 0 bridgehead atoms. The van der Waals surface area contributed by atoms with Crippen LogP contribution < -0.4 is 0 Å². The fraction of sp³-hybridized carbons (Fsp3) is 0.444. The van der Waals surface area contributed by atoms with E-state index in [2.05, 4.69) is 4.98 Å². The number of ether oxygens (including phenoxy) is 1. The van der Waals surface area contributed by atoms with Crippen LogP contribution in [-0.4, -0.2) is 23.5 Å². The molecule has 0 radical (unpaired) electrons. The monoisotopic (exact) mass is 283 g/mol. The standard InChI is InChI=1S/C18H21NO2/c20-16(10-11-17-6-3-4-12-21-17)13-15-9-8-14-5-1-2-7-18(14)19-15/h1-2,5,7-9,17H,3-4,6,10-13H2. The van der Waals surface area contributed by atoms with Crippen molar-refractivity contribution in [3.8, 4) is 0 Å². The molecule has 1 aromatic carbocycles. The Bertz CT molecular complexity index is 617. The van der Waals surface area contributed by atoms with Crippen molar-refractivity contribution in [2.75, 3.05) is 6.61 Å². The number of pyridine rings is 1. The second kappa shape index (κ2) is 6.81. The molecule has 0 saturated carbocycles. The highest BCUT2D eigenvalue weighted by Crippen LogP contribution is 2.18. The molecular weight excluding hydrogens is 262 g/mol. The largest absolute Gasteiger partial charge is 0.378 e. The highest BCUT2D eigenvalue weighted by atomic mass is 16.5. The Balaban J connectivity index is 1.55. The second-order valence-corrected chi connectivity index (χ2v) is 5.74. The van der Waals surface area contributed by atoms with Gasteiger partial charge in [-0.3, -0.25) is 9.78 Å². The minimum atomic E-state index is 0.256. The van der Waals surface area contributed by atoms with E-state index in [0.29, 0.717) is 12.8 Å². The maximum absolute atomic E-state index is 12.1. The van der Waals surface area contributed by atoms with Gasteiger partial charge in [0.25, 0.3) is 0 Å². The molecular formula is C18H21NO2. The number of benzene rings is 1. The molecule has 1 atom stereocenters. The van der Waals surface area contributed by atoms with E-state index in [-0.39, 0.29) is 11.9 Å². The molecule has 0 spiro atoms. The van der Waals surface area contributed by atoms with Crippen LogP contribution >= 0.6 is 0 Å². The molecule has 1 aliphatic heterocycles. The number of carbonyl (C=O) groups is 1. The molecule has 3 nitrogen and oxygen atoms in total. The summed E-state index contributed by atoms with van der Waals surface area (Å²) in [5.41, 5.74) is 1.82. The molecule has 1 fully saturated rings. The third kappa shape index (κ3) is 3.88. The number of Topliss-reactive ketones (excluding diaryl/α,β-unsaturated/α-hetero) is 1. The number of hydrogen-bond acceptors (Lipinski definition) is 3. The molecule has 2 heterocycles. The smallest absolute Gasteiger partial charge is 0.138 e. The van der Waals surface area contributed by atoms with Gasteiger partial charge in [0.05, 0.1) is 11.6 Å². The number of para-hydroxylation sites is 1. The zero-order valence-corrected chi connectivity index (χ0v) is 12.3. The van der Waals surface area contributed by atoms with E-state index in [4.69, 9.17) is 4.74 Å². The van der Waals surface area contributed by atoms with Crippen LogP contribution in [0.5, 0.6) is 0 Å². The first-order chi connectivity index (χ1) is 10.3. The summed E-state index contributed by atoms with van der Waals surface area (Å²) in [6.07, 6.45) is 5.65. The molecule has 1 aromatic heterocycles. The van der Waals surface area contributed by atoms with Crippen LogP contribution in [0.4, 0.5) is 0 Å². The van der Waals surface area contributed by atoms with Crippen LogP contribution in [0.3, 0.4) is 0 Å². The SMILES string of the molecule is O=C(CCC1CCCCO1)Cc1ccc2ccccc2n1. The molecule has 2 aromatic rings. The van der Waals surface area contributed by atoms with Crippen molar-refractivity contribution in [2.45, 2.75) is 44.6 Å². The average Bonchev–Trinajstić information content (AvgIpc) is 2.54. The summed E-state index contributed by atoms with van der Waals surface area (Å²) in [5.74, 6) is 0.256. The number of rotatable bonds is 5. The fourth-order valence-electron chi connectivity index (χ4n) is 2.85. The third-order valence-electron chi connectivity index (χ3n) is 4.05. The van der Waals surface area contributed by atoms with Crippen LogP contribution in [0, 0.1) is 0 Å². The summed E-state index contributed by atoms with van der Waals surface area (Å²) >= 11 is 0. The van der Waals surface area contributed by atoms with Crippen LogP contribution in [0.25, 0.3) is 10.9 Å². The topological polar surface area (TPSA) is 39.2 Å². The van der Waals surface area contributed by atoms with Crippen LogP contribution in [0.15, 0.2) is 36.4 Å². The number of aromatic nitrogens is 1. The van der Waals surface area contributed by atoms with Gasteiger partial charge in [-0.1, -0.05) is 24.3 Å². The van der Waals surface area contributed by atoms with E-state index in [1.807, 2.05) is 36.4 Å². The van der Waals surface area contributed by atoms with Gasteiger partial charge in [0.15, 0.2) is 0 Å². The van der Waals surface area contributed by atoms with Gasteiger partial charge in [-0.25, -0.2) is 0 Å². The molecule has 21 heavy (non-hydrogen) atoms. The van der Waals surface area contributed by atoms with Gasteiger partial charge in [0.2, 0.25) is 0 Å². The Morgan fingerprint density at radius 1 is 1.19 bits per heavy atom. The molecule has 3 heteroatoms. The molecule has 110 valence electrons. The summed E-state index contributed by atoms with van der Waals surface area (Å²) < 4.78 is 5.67. The molecule has 0 aliphatic carbocycles. The Morgan fingerprint density at radius 3 is 2.95 bits per heavy atom. The van der Waals surface area contributed by atoms with E-state index in [1.54, 1.807) is 0 Å². The Kier molecular flexibility index (Phi) is 4.61. The molecule has 1 saturated heterocycles. The van der Waals surface area contributed by atoms with E-state index in [9.17, 15) is 4.79 Å². The van der Waals surface area contributed by atoms with Crippen molar-refractivity contribution in [1.29, 1.82) is 0 Å². The Morgan fingerprint density at radius 2 is 2.10 bits per heavy atom. The molecule has 0 N–H and O–H groups in total. The minimum Gasteiger partial charge on any atom is -0.378 e. The Labute approximate surface area is 125 Å². The Hall–Kier alpha value is -1.74. The summed E-state index contributed by atoms with van der Waals surface area (Å²) in [4.78, 5) is 16.7. The van der Waals surface area contributed by atoms with Crippen LogP contribution in [0.2, 0.25) is 0 Å². The minimum absolute atomic E-state index is 0.256. The zero-order chi connectivity index (χ0) is 14.5. The van der Waals surface area contributed by atoms with Gasteiger partial charge in [0, 0.05) is 30.5 Å². The second-order valence-electron chi connectivity index (χ2n) is 5.74. The van der Waals surface area contributed by atoms with Gasteiger partial charge in [-0.05, 0) is 37.8 Å². The summed E-state index contributed by atoms with van der Waals surface area (Å²) in [7, 11) is 0. The molecule has 0 amide bonds. The zero-order valence-electron chi connectivity index (χ0n) is 12.3.